The fourth-order valence-electron chi connectivity index (χ4n) is 4.66. The topological polar surface area (TPSA) is 89.5 Å². The van der Waals surface area contributed by atoms with Crippen LogP contribution < -0.4 is 19.5 Å². The number of hydrogen-bond acceptors (Lipinski definition) is 7. The third-order valence-corrected chi connectivity index (χ3v) is 8.18. The number of aliphatic imine (C=N–C) groups is 1. The van der Waals surface area contributed by atoms with E-state index in [0.717, 1.165) is 43.2 Å². The second-order valence-electron chi connectivity index (χ2n) is 10.3. The molecule has 232 valence electrons. The van der Waals surface area contributed by atoms with Crippen molar-refractivity contribution in [1.82, 2.24) is 4.90 Å². The standard InChI is InChI=1S/C32H32F3N3O5S/c1-2-3-4-5-15-41-25-12-10-23(11-13-25)36-30(40)28-18-29(39)38(19-21-9-14-26-27(16-21)43-20-42-26)31(44-28)37-24-8-6-7-22(17-24)32(33,34)35/h6-14,16-17,28H,2-5,15,18-20H2,1H3,(H,36,40)/t28-/m0/s1. The summed E-state index contributed by atoms with van der Waals surface area (Å²) in [4.78, 5) is 32.5. The minimum absolute atomic E-state index is 0.0113. The van der Waals surface area contributed by atoms with Crippen LogP contribution in [0.25, 0.3) is 0 Å². The van der Waals surface area contributed by atoms with E-state index in [4.69, 9.17) is 14.2 Å². The van der Waals surface area contributed by atoms with Crippen LogP contribution >= 0.6 is 11.8 Å². The van der Waals surface area contributed by atoms with Gasteiger partial charge in [-0.3, -0.25) is 14.5 Å². The lowest BCUT2D eigenvalue weighted by atomic mass is 10.1. The van der Waals surface area contributed by atoms with Gasteiger partial charge < -0.3 is 19.5 Å². The third-order valence-electron chi connectivity index (χ3n) is 7.00. The molecule has 3 aromatic carbocycles. The summed E-state index contributed by atoms with van der Waals surface area (Å²) in [7, 11) is 0. The second kappa shape index (κ2) is 14.1. The summed E-state index contributed by atoms with van der Waals surface area (Å²) in [6.45, 7) is 2.93. The number of alkyl halides is 3. The molecule has 1 atom stereocenters. The number of nitrogens with zero attached hydrogens (tertiary/aromatic N) is 2. The number of nitrogens with one attached hydrogen (secondary N) is 1. The summed E-state index contributed by atoms with van der Waals surface area (Å²) in [5, 5.41) is 2.09. The highest BCUT2D eigenvalue weighted by atomic mass is 32.2. The van der Waals surface area contributed by atoms with E-state index in [0.29, 0.717) is 35.1 Å². The maximum absolute atomic E-state index is 13.4. The Bertz CT molecular complexity index is 1510. The average Bonchev–Trinajstić information content (AvgIpc) is 3.47. The SMILES string of the molecule is CCCCCCOc1ccc(NC(=O)[C@@H]2CC(=O)N(Cc3ccc4c(c3)OCO4)C(=Nc3cccc(C(F)(F)F)c3)S2)cc1. The van der Waals surface area contributed by atoms with Crippen molar-refractivity contribution >= 4 is 40.1 Å². The van der Waals surface area contributed by atoms with E-state index in [9.17, 15) is 22.8 Å². The largest absolute Gasteiger partial charge is 0.494 e. The van der Waals surface area contributed by atoms with Gasteiger partial charge in [0.1, 0.15) is 11.0 Å². The van der Waals surface area contributed by atoms with Gasteiger partial charge in [-0.15, -0.1) is 0 Å². The fraction of sp³-hybridized carbons (Fsp3) is 0.344. The predicted molar refractivity (Wildman–Crippen MR) is 162 cm³/mol. The van der Waals surface area contributed by atoms with Crippen LogP contribution in [-0.2, 0) is 22.3 Å². The lowest BCUT2D eigenvalue weighted by Crippen LogP contribution is -2.44. The number of anilines is 1. The second-order valence-corrected chi connectivity index (χ2v) is 11.5. The molecule has 0 aromatic heterocycles. The van der Waals surface area contributed by atoms with E-state index < -0.39 is 22.9 Å². The highest BCUT2D eigenvalue weighted by Crippen LogP contribution is 2.36. The Morgan fingerprint density at radius 1 is 1.05 bits per heavy atom. The molecule has 2 aliphatic heterocycles. The molecule has 0 radical (unpaired) electrons. The van der Waals surface area contributed by atoms with E-state index in [1.807, 2.05) is 0 Å². The number of carbonyl (C=O) groups excluding carboxylic acids is 2. The molecule has 5 rings (SSSR count). The predicted octanol–water partition coefficient (Wildman–Crippen LogP) is 7.55. The molecular formula is C32H32F3N3O5S. The van der Waals surface area contributed by atoms with Gasteiger partial charge in [0.25, 0.3) is 0 Å². The van der Waals surface area contributed by atoms with Crippen molar-refractivity contribution in [2.75, 3.05) is 18.7 Å². The van der Waals surface area contributed by atoms with Gasteiger partial charge >= 0.3 is 6.18 Å². The van der Waals surface area contributed by atoms with Crippen LogP contribution in [0.2, 0.25) is 0 Å². The minimum atomic E-state index is -4.56. The molecule has 8 nitrogen and oxygen atoms in total. The maximum Gasteiger partial charge on any atom is 0.416 e. The van der Waals surface area contributed by atoms with E-state index >= 15 is 0 Å². The molecule has 0 unspecified atom stereocenters. The van der Waals surface area contributed by atoms with Crippen molar-refractivity contribution in [3.05, 3.63) is 77.9 Å². The summed E-state index contributed by atoms with van der Waals surface area (Å²) in [5.41, 5.74) is 0.379. The number of fused-ring (bicyclic) bond motifs is 1. The average molecular weight is 628 g/mol. The van der Waals surface area contributed by atoms with Crippen molar-refractivity contribution in [2.24, 2.45) is 4.99 Å². The van der Waals surface area contributed by atoms with Crippen molar-refractivity contribution < 1.29 is 37.0 Å². The van der Waals surface area contributed by atoms with Crippen molar-refractivity contribution in [3.8, 4) is 17.2 Å². The van der Waals surface area contributed by atoms with Gasteiger partial charge in [0.05, 0.1) is 24.4 Å². The van der Waals surface area contributed by atoms with Crippen LogP contribution in [0.15, 0.2) is 71.7 Å². The van der Waals surface area contributed by atoms with Crippen molar-refractivity contribution in [1.29, 1.82) is 0 Å². The molecule has 1 fully saturated rings. The number of thioether (sulfide) groups is 1. The number of unbranched alkanes of at least 4 members (excludes halogenated alkanes) is 3. The van der Waals surface area contributed by atoms with Gasteiger partial charge in [0.2, 0.25) is 18.6 Å². The Hall–Kier alpha value is -4.19. The van der Waals surface area contributed by atoms with Crippen LogP contribution in [0, 0.1) is 0 Å². The fourth-order valence-corrected chi connectivity index (χ4v) is 5.76. The molecule has 2 amide bonds. The van der Waals surface area contributed by atoms with E-state index in [1.165, 1.54) is 23.5 Å². The maximum atomic E-state index is 13.4. The summed E-state index contributed by atoms with van der Waals surface area (Å²) >= 11 is 1.03. The molecule has 12 heteroatoms. The molecule has 0 bridgehead atoms. The molecule has 0 saturated carbocycles. The Balaban J connectivity index is 1.32. The van der Waals surface area contributed by atoms with Crippen molar-refractivity contribution in [3.63, 3.8) is 0 Å². The number of benzene rings is 3. The Labute approximate surface area is 257 Å². The van der Waals surface area contributed by atoms with Gasteiger partial charge in [-0.25, -0.2) is 4.99 Å². The molecule has 44 heavy (non-hydrogen) atoms. The summed E-state index contributed by atoms with van der Waals surface area (Å²) < 4.78 is 56.7. The van der Waals surface area contributed by atoms with E-state index in [2.05, 4.69) is 17.2 Å². The Kier molecular flexibility index (Phi) is 9.99. The van der Waals surface area contributed by atoms with Crippen LogP contribution in [0.3, 0.4) is 0 Å². The zero-order valence-corrected chi connectivity index (χ0v) is 24.9. The minimum Gasteiger partial charge on any atom is -0.494 e. The number of carbonyl (C=O) groups is 2. The Morgan fingerprint density at radius 2 is 1.84 bits per heavy atom. The van der Waals surface area contributed by atoms with Crippen LogP contribution in [0.5, 0.6) is 17.2 Å². The lowest BCUT2D eigenvalue weighted by molar-refractivity contribution is -0.137. The number of rotatable bonds is 11. The summed E-state index contributed by atoms with van der Waals surface area (Å²) in [5.74, 6) is 0.988. The van der Waals surface area contributed by atoms with Gasteiger partial charge in [0, 0.05) is 12.1 Å². The zero-order chi connectivity index (χ0) is 31.1. The molecular weight excluding hydrogens is 595 g/mol. The molecule has 1 N–H and O–H groups in total. The van der Waals surface area contributed by atoms with Crippen LogP contribution in [0.1, 0.15) is 50.2 Å². The molecule has 0 aliphatic carbocycles. The first kappa shape index (κ1) is 31.2. The highest BCUT2D eigenvalue weighted by Gasteiger charge is 2.37. The quantitative estimate of drug-likeness (QED) is 0.221. The number of hydrogen-bond donors (Lipinski definition) is 1. The van der Waals surface area contributed by atoms with Gasteiger partial charge in [-0.1, -0.05) is 50.1 Å². The highest BCUT2D eigenvalue weighted by molar-refractivity contribution is 8.15. The van der Waals surface area contributed by atoms with Crippen LogP contribution in [0.4, 0.5) is 24.5 Å². The number of ether oxygens (including phenoxy) is 3. The molecule has 3 aromatic rings. The smallest absolute Gasteiger partial charge is 0.416 e. The summed E-state index contributed by atoms with van der Waals surface area (Å²) in [6.07, 6.45) is -0.295. The lowest BCUT2D eigenvalue weighted by Gasteiger charge is -2.32. The van der Waals surface area contributed by atoms with Gasteiger partial charge in [-0.05, 0) is 66.6 Å². The third kappa shape index (κ3) is 8.04. The molecule has 2 aliphatic rings. The Morgan fingerprint density at radius 3 is 2.61 bits per heavy atom. The van der Waals surface area contributed by atoms with Gasteiger partial charge in [0.15, 0.2) is 16.7 Å². The van der Waals surface area contributed by atoms with Crippen molar-refractivity contribution in [2.45, 2.75) is 57.0 Å². The van der Waals surface area contributed by atoms with Gasteiger partial charge in [-0.2, -0.15) is 13.2 Å². The first-order valence-corrected chi connectivity index (χ1v) is 15.2. The zero-order valence-electron chi connectivity index (χ0n) is 24.1. The normalized spacial score (nSPS) is 17.2. The van der Waals surface area contributed by atoms with E-state index in [1.54, 1.807) is 42.5 Å². The number of halogens is 3. The summed E-state index contributed by atoms with van der Waals surface area (Å²) in [6, 6.07) is 16.7. The first-order valence-electron chi connectivity index (χ1n) is 14.3. The molecule has 1 saturated heterocycles. The van der Waals surface area contributed by atoms with E-state index in [-0.39, 0.29) is 36.5 Å². The number of amides is 2. The number of amidine groups is 1. The van der Waals surface area contributed by atoms with Crippen LogP contribution in [-0.4, -0.2) is 40.5 Å². The first-order chi connectivity index (χ1) is 21.2. The molecule has 2 heterocycles. The molecule has 0 spiro atoms. The monoisotopic (exact) mass is 627 g/mol.